The number of anilines is 1. The van der Waals surface area contributed by atoms with E-state index in [0.717, 1.165) is 11.3 Å². The van der Waals surface area contributed by atoms with Crippen LogP contribution in [-0.2, 0) is 6.61 Å². The molecule has 0 fully saturated rings. The second-order valence-electron chi connectivity index (χ2n) is 7.21. The van der Waals surface area contributed by atoms with Crippen LogP contribution in [-0.4, -0.2) is 30.1 Å². The maximum Gasteiger partial charge on any atom is 0.259 e. The van der Waals surface area contributed by atoms with Crippen LogP contribution in [0.25, 0.3) is 11.5 Å². The molecule has 32 heavy (non-hydrogen) atoms. The van der Waals surface area contributed by atoms with Crippen molar-refractivity contribution in [3.05, 3.63) is 102 Å². The first-order valence-electron chi connectivity index (χ1n) is 10.1. The topological polar surface area (TPSA) is 86.3 Å². The van der Waals surface area contributed by atoms with Gasteiger partial charge in [0.25, 0.3) is 5.91 Å². The third-order valence-corrected chi connectivity index (χ3v) is 5.03. The third kappa shape index (κ3) is 3.93. The fourth-order valence-corrected chi connectivity index (χ4v) is 3.39. The van der Waals surface area contributed by atoms with Crippen molar-refractivity contribution >= 4 is 17.2 Å². The second kappa shape index (κ2) is 8.35. The summed E-state index contributed by atoms with van der Waals surface area (Å²) < 4.78 is 9.43. The second-order valence-corrected chi connectivity index (χ2v) is 7.21. The minimum atomic E-state index is -0.233. The molecule has 0 unspecified atom stereocenters. The van der Waals surface area contributed by atoms with Gasteiger partial charge >= 0.3 is 0 Å². The lowest BCUT2D eigenvalue weighted by molar-refractivity contribution is 0.102. The van der Waals surface area contributed by atoms with E-state index in [1.165, 1.54) is 0 Å². The Morgan fingerprint density at radius 3 is 2.69 bits per heavy atom. The first-order chi connectivity index (χ1) is 15.7. The van der Waals surface area contributed by atoms with Gasteiger partial charge in [-0.1, -0.05) is 12.1 Å². The molecule has 4 aromatic heterocycles. The lowest BCUT2D eigenvalue weighted by Crippen LogP contribution is -2.13. The van der Waals surface area contributed by atoms with Gasteiger partial charge < -0.3 is 14.5 Å². The molecule has 1 N–H and O–H groups in total. The zero-order valence-corrected chi connectivity index (χ0v) is 17.3. The maximum atomic E-state index is 12.7. The minimum absolute atomic E-state index is 0.233. The molecule has 0 saturated heterocycles. The number of carbonyl (C=O) groups excluding carboxylic acids is 1. The summed E-state index contributed by atoms with van der Waals surface area (Å²) in [6.07, 6.45) is 7.13. The molecule has 0 aliphatic carbocycles. The molecule has 1 amide bonds. The lowest BCUT2D eigenvalue weighted by atomic mass is 10.2. The molecule has 1 aromatic carbocycles. The fourth-order valence-electron chi connectivity index (χ4n) is 3.39. The molecule has 158 valence electrons. The van der Waals surface area contributed by atoms with Crippen molar-refractivity contribution < 1.29 is 9.53 Å². The van der Waals surface area contributed by atoms with Crippen LogP contribution in [0.5, 0.6) is 5.75 Å². The summed E-state index contributed by atoms with van der Waals surface area (Å²) in [5.41, 5.74) is 3.59. The van der Waals surface area contributed by atoms with E-state index in [1.54, 1.807) is 29.2 Å². The molecule has 0 atom stereocenters. The SMILES string of the molecule is Cc1c(C(=O)Nc2ccc(OCc3cn4ccccc4n3)cc2)cnn1-c1ccccn1. The monoisotopic (exact) mass is 424 g/mol. The number of pyridine rings is 2. The Balaban J connectivity index is 1.23. The van der Waals surface area contributed by atoms with Crippen LogP contribution < -0.4 is 10.1 Å². The summed E-state index contributed by atoms with van der Waals surface area (Å²) >= 11 is 0. The molecular formula is C24H20N6O2. The Bertz CT molecular complexity index is 1340. The van der Waals surface area contributed by atoms with Crippen LogP contribution >= 0.6 is 0 Å². The fraction of sp³-hybridized carbons (Fsp3) is 0.0833. The van der Waals surface area contributed by atoms with Gasteiger partial charge in [-0.05, 0) is 55.5 Å². The lowest BCUT2D eigenvalue weighted by Gasteiger charge is -2.08. The Morgan fingerprint density at radius 1 is 1.06 bits per heavy atom. The van der Waals surface area contributed by atoms with E-state index >= 15 is 0 Å². The zero-order valence-electron chi connectivity index (χ0n) is 17.3. The number of amides is 1. The molecule has 0 radical (unpaired) electrons. The van der Waals surface area contributed by atoms with Gasteiger partial charge in [-0.2, -0.15) is 5.10 Å². The third-order valence-electron chi connectivity index (χ3n) is 5.03. The molecule has 4 heterocycles. The van der Waals surface area contributed by atoms with E-state index < -0.39 is 0 Å². The molecule has 5 aromatic rings. The van der Waals surface area contributed by atoms with Gasteiger partial charge in [-0.25, -0.2) is 14.6 Å². The number of benzene rings is 1. The van der Waals surface area contributed by atoms with Gasteiger partial charge in [0.1, 0.15) is 18.0 Å². The Labute approximate surface area is 184 Å². The van der Waals surface area contributed by atoms with Gasteiger partial charge in [0.2, 0.25) is 0 Å². The van der Waals surface area contributed by atoms with Crippen molar-refractivity contribution in [3.63, 3.8) is 0 Å². The van der Waals surface area contributed by atoms with E-state index in [-0.39, 0.29) is 5.91 Å². The minimum Gasteiger partial charge on any atom is -0.487 e. The molecular weight excluding hydrogens is 404 g/mol. The van der Waals surface area contributed by atoms with Crippen LogP contribution in [0.4, 0.5) is 5.69 Å². The number of aromatic nitrogens is 5. The molecule has 8 nitrogen and oxygen atoms in total. The van der Waals surface area contributed by atoms with Gasteiger partial charge in [0, 0.05) is 24.3 Å². The zero-order chi connectivity index (χ0) is 21.9. The number of hydrogen-bond acceptors (Lipinski definition) is 5. The van der Waals surface area contributed by atoms with E-state index in [1.807, 2.05) is 72.2 Å². The molecule has 0 aliphatic rings. The van der Waals surface area contributed by atoms with Crippen LogP contribution in [0.2, 0.25) is 0 Å². The average Bonchev–Trinajstić information content (AvgIpc) is 3.42. The Morgan fingerprint density at radius 2 is 1.91 bits per heavy atom. The summed E-state index contributed by atoms with van der Waals surface area (Å²) in [6.45, 7) is 2.20. The molecule has 0 aliphatic heterocycles. The van der Waals surface area contributed by atoms with Crippen molar-refractivity contribution in [3.8, 4) is 11.6 Å². The quantitative estimate of drug-likeness (QED) is 0.444. The molecule has 0 spiro atoms. The summed E-state index contributed by atoms with van der Waals surface area (Å²) in [6, 6.07) is 18.6. The van der Waals surface area contributed by atoms with E-state index in [4.69, 9.17) is 4.74 Å². The highest BCUT2D eigenvalue weighted by Crippen LogP contribution is 2.19. The van der Waals surface area contributed by atoms with Crippen molar-refractivity contribution in [1.82, 2.24) is 24.1 Å². The van der Waals surface area contributed by atoms with E-state index in [0.29, 0.717) is 35.1 Å². The highest BCUT2D eigenvalue weighted by molar-refractivity contribution is 6.05. The summed E-state index contributed by atoms with van der Waals surface area (Å²) in [5.74, 6) is 1.12. The predicted molar refractivity (Wildman–Crippen MR) is 120 cm³/mol. The standard InChI is InChI=1S/C24H20N6O2/c1-17-21(14-26-30(17)22-6-2-4-12-25-22)24(31)28-18-8-10-20(11-9-18)32-16-19-15-29-13-5-3-7-23(29)27-19/h2-15H,16H2,1H3,(H,28,31). The van der Waals surface area contributed by atoms with E-state index in [2.05, 4.69) is 20.4 Å². The van der Waals surface area contributed by atoms with Gasteiger partial charge in [0.05, 0.1) is 23.1 Å². The van der Waals surface area contributed by atoms with Crippen molar-refractivity contribution in [2.45, 2.75) is 13.5 Å². The van der Waals surface area contributed by atoms with Gasteiger partial charge in [-0.3, -0.25) is 4.79 Å². The Kier molecular flexibility index (Phi) is 5.09. The highest BCUT2D eigenvalue weighted by Gasteiger charge is 2.16. The number of rotatable bonds is 6. The number of fused-ring (bicyclic) bond motifs is 1. The first kappa shape index (κ1) is 19.5. The van der Waals surface area contributed by atoms with Crippen LogP contribution in [0.3, 0.4) is 0 Å². The molecule has 0 bridgehead atoms. The Hall–Kier alpha value is -4.46. The summed E-state index contributed by atoms with van der Waals surface area (Å²) in [5, 5.41) is 7.20. The number of ether oxygens (including phenoxy) is 1. The highest BCUT2D eigenvalue weighted by atomic mass is 16.5. The summed E-state index contributed by atoms with van der Waals surface area (Å²) in [7, 11) is 0. The van der Waals surface area contributed by atoms with E-state index in [9.17, 15) is 4.79 Å². The summed E-state index contributed by atoms with van der Waals surface area (Å²) in [4.78, 5) is 21.5. The number of imidazole rings is 1. The van der Waals surface area contributed by atoms with Crippen molar-refractivity contribution in [2.75, 3.05) is 5.32 Å². The van der Waals surface area contributed by atoms with Crippen molar-refractivity contribution in [1.29, 1.82) is 0 Å². The van der Waals surface area contributed by atoms with Gasteiger partial charge in [-0.15, -0.1) is 0 Å². The number of nitrogens with zero attached hydrogens (tertiary/aromatic N) is 5. The average molecular weight is 424 g/mol. The van der Waals surface area contributed by atoms with Crippen LogP contribution in [0, 0.1) is 6.92 Å². The van der Waals surface area contributed by atoms with Crippen LogP contribution in [0.1, 0.15) is 21.7 Å². The molecule has 0 saturated carbocycles. The first-order valence-corrected chi connectivity index (χ1v) is 10.1. The number of hydrogen-bond donors (Lipinski definition) is 1. The number of nitrogens with one attached hydrogen (secondary N) is 1. The molecule has 5 rings (SSSR count). The maximum absolute atomic E-state index is 12.7. The normalized spacial score (nSPS) is 10.9. The van der Waals surface area contributed by atoms with Crippen LogP contribution in [0.15, 0.2) is 85.5 Å². The largest absolute Gasteiger partial charge is 0.487 e. The van der Waals surface area contributed by atoms with Crippen molar-refractivity contribution in [2.24, 2.45) is 0 Å². The van der Waals surface area contributed by atoms with Gasteiger partial charge in [0.15, 0.2) is 5.82 Å². The molecule has 8 heteroatoms. The number of carbonyl (C=O) groups is 1. The predicted octanol–water partition coefficient (Wildman–Crippen LogP) is 4.05. The smallest absolute Gasteiger partial charge is 0.259 e.